The Bertz CT molecular complexity index is 390. The third kappa shape index (κ3) is 26.6. The molecule has 0 N–H and O–H groups in total. The lowest BCUT2D eigenvalue weighted by Gasteiger charge is -2.10. The highest BCUT2D eigenvalue weighted by atomic mass is 32.2. The van der Waals surface area contributed by atoms with Crippen molar-refractivity contribution in [3.63, 3.8) is 0 Å². The Morgan fingerprint density at radius 1 is 0.545 bits per heavy atom. The van der Waals surface area contributed by atoms with Crippen molar-refractivity contribution in [2.24, 2.45) is 0 Å². The molecule has 0 heterocycles. The molecule has 1 unspecified atom stereocenters. The van der Waals surface area contributed by atoms with E-state index in [-0.39, 0.29) is 11.2 Å². The summed E-state index contributed by atoms with van der Waals surface area (Å²) in [5.74, 6) is 1.98. The smallest absolute Gasteiger partial charge is 0.330 e. The number of unbranched alkanes of at least 4 members (excludes halogenated alkanes) is 20. The minimum atomic E-state index is -0.0452. The summed E-state index contributed by atoms with van der Waals surface area (Å²) in [5.41, 5.74) is 0. The molecular weight excluding hydrogens is 444 g/mol. The van der Waals surface area contributed by atoms with Gasteiger partial charge in [0.25, 0.3) is 0 Å². The van der Waals surface area contributed by atoms with Gasteiger partial charge in [-0.15, -0.1) is 11.8 Å². The first kappa shape index (κ1) is 33.2. The molecule has 198 valence electrons. The molecule has 33 heavy (non-hydrogen) atoms. The molecule has 0 bridgehead atoms. The Hall–Kier alpha value is 0.170. The van der Waals surface area contributed by atoms with Crippen LogP contribution in [0.5, 0.6) is 0 Å². The molecule has 0 spiro atoms. The highest BCUT2D eigenvalue weighted by Gasteiger charge is 2.15. The molecular formula is C29H58O2S2. The molecule has 0 saturated carbocycles. The molecule has 0 aliphatic rings. The van der Waals surface area contributed by atoms with E-state index in [1.54, 1.807) is 11.8 Å². The van der Waals surface area contributed by atoms with Crippen molar-refractivity contribution >= 4 is 29.8 Å². The summed E-state index contributed by atoms with van der Waals surface area (Å²) in [7, 11) is 0. The van der Waals surface area contributed by atoms with Gasteiger partial charge in [-0.2, -0.15) is 0 Å². The minimum Gasteiger partial charge on any atom is -0.391 e. The Kier molecular flexibility index (Phi) is 28.6. The summed E-state index contributed by atoms with van der Waals surface area (Å²) in [6.45, 7) is 6.55. The molecule has 0 aliphatic heterocycles. The third-order valence-corrected chi connectivity index (χ3v) is 8.37. The van der Waals surface area contributed by atoms with Crippen molar-refractivity contribution in [2.75, 3.05) is 11.5 Å². The van der Waals surface area contributed by atoms with Crippen LogP contribution >= 0.6 is 23.8 Å². The number of rotatable bonds is 27. The molecule has 0 aromatic heterocycles. The summed E-state index contributed by atoms with van der Waals surface area (Å²) in [5, 5.41) is -0.0297. The van der Waals surface area contributed by atoms with Gasteiger partial charge in [0, 0.05) is 5.75 Å². The summed E-state index contributed by atoms with van der Waals surface area (Å²) < 4.78 is 5.41. The van der Waals surface area contributed by atoms with Crippen LogP contribution in [-0.2, 0) is 8.98 Å². The maximum absolute atomic E-state index is 12.1. The summed E-state index contributed by atoms with van der Waals surface area (Å²) >= 11 is 3.13. The van der Waals surface area contributed by atoms with Crippen LogP contribution in [0.15, 0.2) is 0 Å². The molecule has 1 atom stereocenters. The van der Waals surface area contributed by atoms with Gasteiger partial charge in [-0.1, -0.05) is 142 Å². The molecule has 0 fully saturated rings. The molecule has 0 rings (SSSR count). The molecule has 0 aliphatic carbocycles. The first-order valence-corrected chi connectivity index (χ1v) is 16.6. The first-order valence-electron chi connectivity index (χ1n) is 14.7. The van der Waals surface area contributed by atoms with Crippen LogP contribution in [0.1, 0.15) is 162 Å². The number of carbonyl (C=O) groups is 1. The van der Waals surface area contributed by atoms with Crippen LogP contribution in [-0.4, -0.2) is 22.7 Å². The van der Waals surface area contributed by atoms with Gasteiger partial charge in [-0.05, 0) is 25.5 Å². The fraction of sp³-hybridized carbons (Fsp3) is 0.966. The number of carbonyl (C=O) groups excluding carboxylic acids is 1. The lowest BCUT2D eigenvalue weighted by molar-refractivity contribution is -0.132. The maximum Gasteiger partial charge on any atom is 0.330 e. The zero-order chi connectivity index (χ0) is 24.2. The van der Waals surface area contributed by atoms with E-state index in [1.807, 2.05) is 6.92 Å². The van der Waals surface area contributed by atoms with Crippen LogP contribution in [0.2, 0.25) is 0 Å². The zero-order valence-electron chi connectivity index (χ0n) is 22.7. The second-order valence-electron chi connectivity index (χ2n) is 9.81. The predicted octanol–water partition coefficient (Wildman–Crippen LogP) is 10.9. The van der Waals surface area contributed by atoms with Crippen molar-refractivity contribution in [3.05, 3.63) is 0 Å². The normalized spacial score (nSPS) is 12.2. The van der Waals surface area contributed by atoms with Gasteiger partial charge in [-0.3, -0.25) is 0 Å². The Morgan fingerprint density at radius 3 is 1.27 bits per heavy atom. The van der Waals surface area contributed by atoms with Crippen molar-refractivity contribution < 1.29 is 8.98 Å². The number of hydrogen-bond donors (Lipinski definition) is 0. The molecule has 0 aromatic carbocycles. The highest BCUT2D eigenvalue weighted by molar-refractivity contribution is 8.00. The molecule has 4 heteroatoms. The van der Waals surface area contributed by atoms with Crippen LogP contribution in [0, 0.1) is 0 Å². The largest absolute Gasteiger partial charge is 0.391 e. The van der Waals surface area contributed by atoms with Crippen molar-refractivity contribution in [1.82, 2.24) is 0 Å². The highest BCUT2D eigenvalue weighted by Crippen LogP contribution is 2.19. The minimum absolute atomic E-state index is 0.0297. The van der Waals surface area contributed by atoms with E-state index in [2.05, 4.69) is 13.8 Å². The molecule has 0 aromatic rings. The van der Waals surface area contributed by atoms with Crippen molar-refractivity contribution in [2.45, 2.75) is 167 Å². The number of hydrogen-bond acceptors (Lipinski definition) is 4. The summed E-state index contributed by atoms with van der Waals surface area (Å²) in [4.78, 5) is 12.1. The topological polar surface area (TPSA) is 26.3 Å². The van der Waals surface area contributed by atoms with E-state index >= 15 is 0 Å². The van der Waals surface area contributed by atoms with Crippen LogP contribution in [0.3, 0.4) is 0 Å². The van der Waals surface area contributed by atoms with Crippen molar-refractivity contribution in [3.8, 4) is 0 Å². The van der Waals surface area contributed by atoms with Gasteiger partial charge in [0.1, 0.15) is 5.25 Å². The first-order chi connectivity index (χ1) is 16.2. The lowest BCUT2D eigenvalue weighted by Crippen LogP contribution is -2.14. The Balaban J connectivity index is 3.29. The summed E-state index contributed by atoms with van der Waals surface area (Å²) in [6, 6.07) is 0. The van der Waals surface area contributed by atoms with Crippen LogP contribution in [0.4, 0.5) is 0 Å². The standard InChI is InChI=1S/C29H58O2S2/c1-4-6-8-10-12-14-16-18-20-22-24-26-32-28(3)29(30)31-33-27-25-23-21-19-17-15-13-11-9-7-5-2/h28H,4-27H2,1-3H3. The molecule has 0 radical (unpaired) electrons. The Labute approximate surface area is 217 Å². The number of thioether (sulfide) groups is 1. The van der Waals surface area contributed by atoms with Gasteiger partial charge < -0.3 is 4.18 Å². The molecule has 2 nitrogen and oxygen atoms in total. The van der Waals surface area contributed by atoms with E-state index < -0.39 is 0 Å². The van der Waals surface area contributed by atoms with E-state index in [0.29, 0.717) is 0 Å². The van der Waals surface area contributed by atoms with E-state index in [4.69, 9.17) is 4.18 Å². The Morgan fingerprint density at radius 2 is 0.879 bits per heavy atom. The SMILES string of the molecule is CCCCCCCCCCCCCSOC(=O)C(C)SCCCCCCCCCCCCC. The predicted molar refractivity (Wildman–Crippen MR) is 153 cm³/mol. The average Bonchev–Trinajstić information content (AvgIpc) is 2.82. The maximum atomic E-state index is 12.1. The van der Waals surface area contributed by atoms with Gasteiger partial charge in [0.2, 0.25) is 0 Å². The average molecular weight is 503 g/mol. The van der Waals surface area contributed by atoms with Crippen LogP contribution in [0.25, 0.3) is 0 Å². The second kappa shape index (κ2) is 28.4. The third-order valence-electron chi connectivity index (χ3n) is 6.42. The fourth-order valence-corrected chi connectivity index (χ4v) is 5.72. The van der Waals surface area contributed by atoms with E-state index in [9.17, 15) is 4.79 Å². The van der Waals surface area contributed by atoms with Gasteiger partial charge in [-0.25, -0.2) is 4.79 Å². The van der Waals surface area contributed by atoms with Gasteiger partial charge in [0.15, 0.2) is 0 Å². The van der Waals surface area contributed by atoms with Gasteiger partial charge >= 0.3 is 5.97 Å². The van der Waals surface area contributed by atoms with E-state index in [0.717, 1.165) is 17.9 Å². The van der Waals surface area contributed by atoms with E-state index in [1.165, 1.54) is 147 Å². The summed E-state index contributed by atoms with van der Waals surface area (Å²) in [6.07, 6.45) is 30.0. The van der Waals surface area contributed by atoms with Crippen LogP contribution < -0.4 is 0 Å². The van der Waals surface area contributed by atoms with Crippen molar-refractivity contribution in [1.29, 1.82) is 0 Å². The lowest BCUT2D eigenvalue weighted by atomic mass is 10.1. The monoisotopic (exact) mass is 502 g/mol. The fourth-order valence-electron chi connectivity index (χ4n) is 4.09. The molecule has 0 amide bonds. The van der Waals surface area contributed by atoms with Gasteiger partial charge in [0.05, 0.1) is 12.0 Å². The quantitative estimate of drug-likeness (QED) is 0.0824. The molecule has 0 saturated heterocycles. The second-order valence-corrected chi connectivity index (χ2v) is 12.1. The zero-order valence-corrected chi connectivity index (χ0v) is 24.3.